The Morgan fingerprint density at radius 3 is 2.41 bits per heavy atom. The van der Waals surface area contributed by atoms with Crippen LogP contribution in [-0.4, -0.2) is 32.2 Å². The van der Waals surface area contributed by atoms with E-state index < -0.39 is 17.6 Å². The molecule has 0 aliphatic carbocycles. The lowest BCUT2D eigenvalue weighted by Crippen LogP contribution is -2.37. The zero-order chi connectivity index (χ0) is 19.4. The lowest BCUT2D eigenvalue weighted by Gasteiger charge is -2.31. The summed E-state index contributed by atoms with van der Waals surface area (Å²) < 4.78 is 44.6. The molecule has 0 radical (unpaired) electrons. The van der Waals surface area contributed by atoms with Gasteiger partial charge in [0.25, 0.3) is 0 Å². The van der Waals surface area contributed by atoms with Crippen molar-refractivity contribution in [3.8, 4) is 0 Å². The van der Waals surface area contributed by atoms with Gasteiger partial charge in [-0.3, -0.25) is 4.79 Å². The lowest BCUT2D eigenvalue weighted by molar-refractivity contribution is -0.137. The standard InChI is InChI=1S/C19H18ClF3N2O2/c20-15-4-1-13(2-5-15)11-18(26)24-16-12-14(19(21,22)23)3-6-17(16)25-7-9-27-10-8-25/h1-6,12H,7-11H2,(H,24,26). The van der Waals surface area contributed by atoms with Crippen molar-refractivity contribution < 1.29 is 22.7 Å². The Bertz CT molecular complexity index is 804. The molecule has 0 saturated carbocycles. The van der Waals surface area contributed by atoms with Crippen LogP contribution in [0.25, 0.3) is 0 Å². The minimum Gasteiger partial charge on any atom is -0.378 e. The average Bonchev–Trinajstić information content (AvgIpc) is 2.63. The van der Waals surface area contributed by atoms with Crippen molar-refractivity contribution >= 4 is 28.9 Å². The molecule has 0 spiro atoms. The molecule has 144 valence electrons. The Morgan fingerprint density at radius 2 is 1.78 bits per heavy atom. The molecule has 1 N–H and O–H groups in total. The summed E-state index contributed by atoms with van der Waals surface area (Å²) in [6, 6.07) is 10.1. The zero-order valence-electron chi connectivity index (χ0n) is 14.4. The van der Waals surface area contributed by atoms with Crippen molar-refractivity contribution in [1.29, 1.82) is 0 Å². The van der Waals surface area contributed by atoms with Gasteiger partial charge in [-0.2, -0.15) is 13.2 Å². The first kappa shape index (κ1) is 19.5. The maximum atomic E-state index is 13.1. The number of rotatable bonds is 4. The van der Waals surface area contributed by atoms with E-state index in [0.717, 1.165) is 17.7 Å². The van der Waals surface area contributed by atoms with E-state index in [4.69, 9.17) is 16.3 Å². The van der Waals surface area contributed by atoms with Crippen molar-refractivity contribution in [1.82, 2.24) is 0 Å². The highest BCUT2D eigenvalue weighted by Crippen LogP contribution is 2.35. The van der Waals surface area contributed by atoms with E-state index in [0.29, 0.717) is 37.0 Å². The number of hydrogen-bond acceptors (Lipinski definition) is 3. The van der Waals surface area contributed by atoms with Crippen molar-refractivity contribution in [3.05, 3.63) is 58.6 Å². The SMILES string of the molecule is O=C(Cc1ccc(Cl)cc1)Nc1cc(C(F)(F)F)ccc1N1CCOCC1. The van der Waals surface area contributed by atoms with Crippen molar-refractivity contribution in [2.24, 2.45) is 0 Å². The second kappa shape index (κ2) is 8.19. The third kappa shape index (κ3) is 5.14. The number of morpholine rings is 1. The highest BCUT2D eigenvalue weighted by molar-refractivity contribution is 6.30. The summed E-state index contributed by atoms with van der Waals surface area (Å²) in [7, 11) is 0. The predicted octanol–water partition coefficient (Wildman–Crippen LogP) is 4.38. The van der Waals surface area contributed by atoms with Crippen LogP contribution >= 0.6 is 11.6 Å². The van der Waals surface area contributed by atoms with Crippen LogP contribution in [0.4, 0.5) is 24.5 Å². The molecule has 0 atom stereocenters. The summed E-state index contributed by atoms with van der Waals surface area (Å²) in [5.41, 5.74) is 0.611. The molecule has 3 rings (SSSR count). The lowest BCUT2D eigenvalue weighted by atomic mass is 10.1. The third-order valence-corrected chi connectivity index (χ3v) is 4.48. The maximum absolute atomic E-state index is 13.1. The van der Waals surface area contributed by atoms with Crippen molar-refractivity contribution in [2.75, 3.05) is 36.5 Å². The fourth-order valence-electron chi connectivity index (χ4n) is 2.87. The number of alkyl halides is 3. The van der Waals surface area contributed by atoms with Crippen LogP contribution in [-0.2, 0) is 22.1 Å². The van der Waals surface area contributed by atoms with Gasteiger partial charge in [0.05, 0.1) is 36.6 Å². The molecular formula is C19H18ClF3N2O2. The van der Waals surface area contributed by atoms with Gasteiger partial charge in [-0.1, -0.05) is 23.7 Å². The van der Waals surface area contributed by atoms with Gasteiger partial charge in [0.15, 0.2) is 0 Å². The first-order chi connectivity index (χ1) is 12.8. The average molecular weight is 399 g/mol. The molecule has 27 heavy (non-hydrogen) atoms. The highest BCUT2D eigenvalue weighted by atomic mass is 35.5. The number of halogens is 4. The van der Waals surface area contributed by atoms with Gasteiger partial charge in [-0.25, -0.2) is 0 Å². The molecule has 0 bridgehead atoms. The fraction of sp³-hybridized carbons (Fsp3) is 0.316. The van der Waals surface area contributed by atoms with Gasteiger partial charge in [0, 0.05) is 18.1 Å². The zero-order valence-corrected chi connectivity index (χ0v) is 15.1. The van der Waals surface area contributed by atoms with Crippen LogP contribution in [0.15, 0.2) is 42.5 Å². The van der Waals surface area contributed by atoms with E-state index in [1.165, 1.54) is 6.07 Å². The van der Waals surface area contributed by atoms with E-state index in [1.54, 1.807) is 24.3 Å². The number of benzene rings is 2. The first-order valence-corrected chi connectivity index (χ1v) is 8.79. The Kier molecular flexibility index (Phi) is 5.92. The molecule has 0 unspecified atom stereocenters. The number of ether oxygens (including phenoxy) is 1. The van der Waals surface area contributed by atoms with Crippen molar-refractivity contribution in [2.45, 2.75) is 12.6 Å². The molecule has 0 aromatic heterocycles. The van der Waals surface area contributed by atoms with E-state index in [-0.39, 0.29) is 12.1 Å². The number of nitrogens with zero attached hydrogens (tertiary/aromatic N) is 1. The van der Waals surface area contributed by atoms with Crippen LogP contribution in [0.2, 0.25) is 5.02 Å². The quantitative estimate of drug-likeness (QED) is 0.831. The van der Waals surface area contributed by atoms with E-state index in [9.17, 15) is 18.0 Å². The van der Waals surface area contributed by atoms with Crippen LogP contribution in [0.3, 0.4) is 0 Å². The summed E-state index contributed by atoms with van der Waals surface area (Å²) >= 11 is 5.82. The summed E-state index contributed by atoms with van der Waals surface area (Å²) in [6.07, 6.45) is -4.45. The van der Waals surface area contributed by atoms with Gasteiger partial charge in [0.2, 0.25) is 5.91 Å². The Labute approximate surface area is 159 Å². The van der Waals surface area contributed by atoms with E-state index in [2.05, 4.69) is 5.32 Å². The van der Waals surface area contributed by atoms with Gasteiger partial charge >= 0.3 is 6.18 Å². The summed E-state index contributed by atoms with van der Waals surface area (Å²) in [4.78, 5) is 14.3. The maximum Gasteiger partial charge on any atom is 0.416 e. The van der Waals surface area contributed by atoms with Gasteiger partial charge in [-0.05, 0) is 35.9 Å². The Morgan fingerprint density at radius 1 is 1.11 bits per heavy atom. The molecule has 1 fully saturated rings. The second-order valence-electron chi connectivity index (χ2n) is 6.18. The monoisotopic (exact) mass is 398 g/mol. The normalized spacial score (nSPS) is 14.9. The molecule has 2 aromatic rings. The largest absolute Gasteiger partial charge is 0.416 e. The first-order valence-electron chi connectivity index (χ1n) is 8.41. The predicted molar refractivity (Wildman–Crippen MR) is 98.3 cm³/mol. The summed E-state index contributed by atoms with van der Waals surface area (Å²) in [6.45, 7) is 2.06. The van der Waals surface area contributed by atoms with Crippen LogP contribution in [0.5, 0.6) is 0 Å². The molecule has 1 aliphatic heterocycles. The molecule has 2 aromatic carbocycles. The number of hydrogen-bond donors (Lipinski definition) is 1. The molecule has 1 aliphatic rings. The van der Waals surface area contributed by atoms with Crippen LogP contribution in [0, 0.1) is 0 Å². The molecule has 4 nitrogen and oxygen atoms in total. The molecular weight excluding hydrogens is 381 g/mol. The van der Waals surface area contributed by atoms with Gasteiger partial charge in [0.1, 0.15) is 0 Å². The smallest absolute Gasteiger partial charge is 0.378 e. The number of nitrogens with one attached hydrogen (secondary N) is 1. The summed E-state index contributed by atoms with van der Waals surface area (Å²) in [5.74, 6) is -0.397. The second-order valence-corrected chi connectivity index (χ2v) is 6.62. The minimum absolute atomic E-state index is 0.0377. The molecule has 8 heteroatoms. The van der Waals surface area contributed by atoms with Gasteiger partial charge in [-0.15, -0.1) is 0 Å². The summed E-state index contributed by atoms with van der Waals surface area (Å²) in [5, 5.41) is 3.18. The van der Waals surface area contributed by atoms with Crippen LogP contribution in [0.1, 0.15) is 11.1 Å². The van der Waals surface area contributed by atoms with E-state index in [1.807, 2.05) is 4.90 Å². The Balaban J connectivity index is 1.83. The highest BCUT2D eigenvalue weighted by Gasteiger charge is 2.31. The molecule has 1 heterocycles. The number of carbonyl (C=O) groups is 1. The number of anilines is 2. The van der Waals surface area contributed by atoms with Crippen molar-refractivity contribution in [3.63, 3.8) is 0 Å². The third-order valence-electron chi connectivity index (χ3n) is 4.23. The molecule has 1 amide bonds. The molecule has 1 saturated heterocycles. The number of carbonyl (C=O) groups excluding carboxylic acids is 1. The number of amides is 1. The Hall–Kier alpha value is -2.25. The topological polar surface area (TPSA) is 41.6 Å². The minimum atomic E-state index is -4.49. The fourth-order valence-corrected chi connectivity index (χ4v) is 3.00. The van der Waals surface area contributed by atoms with Crippen LogP contribution < -0.4 is 10.2 Å². The van der Waals surface area contributed by atoms with Gasteiger partial charge < -0.3 is 15.0 Å². The van der Waals surface area contributed by atoms with E-state index >= 15 is 0 Å².